The molecule has 0 saturated heterocycles. The van der Waals surface area contributed by atoms with Crippen LogP contribution < -0.4 is 5.73 Å². The van der Waals surface area contributed by atoms with E-state index in [0.717, 1.165) is 22.9 Å². The molecule has 0 aromatic heterocycles. The van der Waals surface area contributed by atoms with E-state index in [-0.39, 0.29) is 5.84 Å². The minimum atomic E-state index is 0.112. The lowest BCUT2D eigenvalue weighted by atomic mass is 10.1. The van der Waals surface area contributed by atoms with Crippen LogP contribution >= 0.6 is 15.9 Å². The molecule has 0 aliphatic heterocycles. The Morgan fingerprint density at radius 1 is 1.36 bits per heavy atom. The van der Waals surface area contributed by atoms with Crippen molar-refractivity contribution in [2.24, 2.45) is 5.73 Å². The summed E-state index contributed by atoms with van der Waals surface area (Å²) in [4.78, 5) is 0. The summed E-state index contributed by atoms with van der Waals surface area (Å²) in [6, 6.07) is 7.63. The van der Waals surface area contributed by atoms with Crippen LogP contribution in [-0.4, -0.2) is 11.2 Å². The van der Waals surface area contributed by atoms with Gasteiger partial charge in [0.25, 0.3) is 0 Å². The molecular formula is C11H13BrN2. The number of nitrogen functional groups attached to an aromatic ring is 1. The van der Waals surface area contributed by atoms with Crippen LogP contribution in [0.1, 0.15) is 17.5 Å². The van der Waals surface area contributed by atoms with Gasteiger partial charge in [-0.25, -0.2) is 0 Å². The molecule has 0 radical (unpaired) electrons. The molecular weight excluding hydrogens is 240 g/mol. The number of rotatable bonds is 4. The van der Waals surface area contributed by atoms with Gasteiger partial charge >= 0.3 is 0 Å². The molecule has 0 bridgehead atoms. The average molecular weight is 253 g/mol. The first-order valence-corrected chi connectivity index (χ1v) is 5.53. The van der Waals surface area contributed by atoms with Gasteiger partial charge < -0.3 is 5.73 Å². The fraction of sp³-hybridized carbons (Fsp3) is 0.182. The van der Waals surface area contributed by atoms with Gasteiger partial charge in [0.2, 0.25) is 0 Å². The number of nitrogens with one attached hydrogen (secondary N) is 1. The molecule has 0 heterocycles. The molecule has 0 fully saturated rings. The van der Waals surface area contributed by atoms with Crippen molar-refractivity contribution in [2.45, 2.75) is 6.42 Å². The number of amidine groups is 1. The second-order valence-corrected chi connectivity index (χ2v) is 3.71. The van der Waals surface area contributed by atoms with Gasteiger partial charge in [-0.2, -0.15) is 0 Å². The maximum absolute atomic E-state index is 7.23. The van der Waals surface area contributed by atoms with Crippen LogP contribution in [-0.2, 0) is 0 Å². The SMILES string of the molecule is N=C(N)c1ccc(C=CCCBr)cc1. The molecule has 0 aliphatic rings. The lowest BCUT2D eigenvalue weighted by molar-refractivity contribution is 1.27. The van der Waals surface area contributed by atoms with Gasteiger partial charge in [0.1, 0.15) is 5.84 Å². The molecule has 1 aromatic carbocycles. The van der Waals surface area contributed by atoms with Crippen LogP contribution in [0, 0.1) is 5.41 Å². The molecule has 0 aliphatic carbocycles. The smallest absolute Gasteiger partial charge is 0.122 e. The third kappa shape index (κ3) is 3.34. The molecule has 14 heavy (non-hydrogen) atoms. The predicted molar refractivity (Wildman–Crippen MR) is 64.9 cm³/mol. The van der Waals surface area contributed by atoms with E-state index >= 15 is 0 Å². The molecule has 3 N–H and O–H groups in total. The van der Waals surface area contributed by atoms with Crippen LogP contribution in [0.4, 0.5) is 0 Å². The van der Waals surface area contributed by atoms with Crippen molar-refractivity contribution in [3.8, 4) is 0 Å². The van der Waals surface area contributed by atoms with Crippen molar-refractivity contribution in [3.63, 3.8) is 0 Å². The van der Waals surface area contributed by atoms with Crippen molar-refractivity contribution >= 4 is 27.8 Å². The van der Waals surface area contributed by atoms with Crippen molar-refractivity contribution in [3.05, 3.63) is 41.5 Å². The molecule has 2 nitrogen and oxygen atoms in total. The first-order valence-electron chi connectivity index (χ1n) is 4.41. The maximum atomic E-state index is 7.23. The minimum absolute atomic E-state index is 0.112. The monoisotopic (exact) mass is 252 g/mol. The number of nitrogens with two attached hydrogens (primary N) is 1. The second-order valence-electron chi connectivity index (χ2n) is 2.92. The number of alkyl halides is 1. The molecule has 0 unspecified atom stereocenters. The van der Waals surface area contributed by atoms with Gasteiger partial charge in [0.15, 0.2) is 0 Å². The number of hydrogen-bond acceptors (Lipinski definition) is 1. The summed E-state index contributed by atoms with van der Waals surface area (Å²) in [7, 11) is 0. The average Bonchev–Trinajstić information content (AvgIpc) is 2.19. The van der Waals surface area contributed by atoms with Crippen molar-refractivity contribution in [2.75, 3.05) is 5.33 Å². The minimum Gasteiger partial charge on any atom is -0.384 e. The van der Waals surface area contributed by atoms with Crippen molar-refractivity contribution in [1.82, 2.24) is 0 Å². The number of halogens is 1. The largest absolute Gasteiger partial charge is 0.384 e. The standard InChI is InChI=1S/C11H13BrN2/c12-8-2-1-3-9-4-6-10(7-5-9)11(13)14/h1,3-7H,2,8H2,(H3,13,14). The van der Waals surface area contributed by atoms with Gasteiger partial charge in [-0.15, -0.1) is 0 Å². The Morgan fingerprint density at radius 2 is 2.00 bits per heavy atom. The Kier molecular flexibility index (Phi) is 4.40. The molecule has 74 valence electrons. The van der Waals surface area contributed by atoms with Crippen LogP contribution in [0.25, 0.3) is 6.08 Å². The summed E-state index contributed by atoms with van der Waals surface area (Å²) in [6.07, 6.45) is 5.19. The fourth-order valence-corrected chi connectivity index (χ4v) is 1.32. The summed E-state index contributed by atoms with van der Waals surface area (Å²) in [5, 5.41) is 8.21. The van der Waals surface area contributed by atoms with E-state index in [1.807, 2.05) is 24.3 Å². The summed E-state index contributed by atoms with van der Waals surface area (Å²) in [5.41, 5.74) is 7.25. The molecule has 1 rings (SSSR count). The Bertz CT molecular complexity index is 328. The van der Waals surface area contributed by atoms with Crippen LogP contribution in [0.15, 0.2) is 30.3 Å². The molecule has 3 heteroatoms. The lowest BCUT2D eigenvalue weighted by Gasteiger charge is -1.98. The quantitative estimate of drug-likeness (QED) is 0.484. The highest BCUT2D eigenvalue weighted by molar-refractivity contribution is 9.09. The summed E-state index contributed by atoms with van der Waals surface area (Å²) in [6.45, 7) is 0. The topological polar surface area (TPSA) is 49.9 Å². The fourth-order valence-electron chi connectivity index (χ4n) is 1.06. The Balaban J connectivity index is 2.68. The van der Waals surface area contributed by atoms with E-state index in [9.17, 15) is 0 Å². The van der Waals surface area contributed by atoms with E-state index in [0.29, 0.717) is 0 Å². The second kappa shape index (κ2) is 5.60. The zero-order valence-corrected chi connectivity index (χ0v) is 9.42. The highest BCUT2D eigenvalue weighted by Crippen LogP contribution is 2.06. The van der Waals surface area contributed by atoms with Crippen molar-refractivity contribution < 1.29 is 0 Å². The molecule has 1 aromatic rings. The Morgan fingerprint density at radius 3 is 2.50 bits per heavy atom. The van der Waals surface area contributed by atoms with E-state index in [1.165, 1.54) is 0 Å². The highest BCUT2D eigenvalue weighted by Gasteiger charge is 1.93. The van der Waals surface area contributed by atoms with Gasteiger partial charge in [-0.1, -0.05) is 52.3 Å². The van der Waals surface area contributed by atoms with Gasteiger partial charge in [-0.05, 0) is 12.0 Å². The third-order valence-corrected chi connectivity index (χ3v) is 2.27. The number of hydrogen-bond donors (Lipinski definition) is 2. The van der Waals surface area contributed by atoms with E-state index < -0.39 is 0 Å². The van der Waals surface area contributed by atoms with Crippen LogP contribution in [0.5, 0.6) is 0 Å². The Labute approximate surface area is 92.5 Å². The van der Waals surface area contributed by atoms with Gasteiger partial charge in [-0.3, -0.25) is 5.41 Å². The number of benzene rings is 1. The van der Waals surface area contributed by atoms with Crippen LogP contribution in [0.2, 0.25) is 0 Å². The molecule has 0 atom stereocenters. The Hall–Kier alpha value is -1.09. The van der Waals surface area contributed by atoms with Crippen LogP contribution in [0.3, 0.4) is 0 Å². The lowest BCUT2D eigenvalue weighted by Crippen LogP contribution is -2.10. The molecule has 0 amide bonds. The van der Waals surface area contributed by atoms with Crippen molar-refractivity contribution in [1.29, 1.82) is 5.41 Å². The third-order valence-electron chi connectivity index (χ3n) is 1.81. The first kappa shape index (κ1) is 11.0. The number of allylic oxidation sites excluding steroid dienone is 1. The van der Waals surface area contributed by atoms with E-state index in [1.54, 1.807) is 0 Å². The summed E-state index contributed by atoms with van der Waals surface area (Å²) >= 11 is 3.36. The zero-order valence-electron chi connectivity index (χ0n) is 7.83. The molecule has 0 saturated carbocycles. The van der Waals surface area contributed by atoms with E-state index in [2.05, 4.69) is 28.1 Å². The normalized spacial score (nSPS) is 10.6. The summed E-state index contributed by atoms with van der Waals surface area (Å²) in [5.74, 6) is 0.112. The van der Waals surface area contributed by atoms with Gasteiger partial charge in [0, 0.05) is 10.9 Å². The van der Waals surface area contributed by atoms with E-state index in [4.69, 9.17) is 11.1 Å². The zero-order chi connectivity index (χ0) is 10.4. The maximum Gasteiger partial charge on any atom is 0.122 e. The predicted octanol–water partition coefficient (Wildman–Crippen LogP) is 2.77. The first-order chi connectivity index (χ1) is 6.74. The van der Waals surface area contributed by atoms with Gasteiger partial charge in [0.05, 0.1) is 0 Å². The summed E-state index contributed by atoms with van der Waals surface area (Å²) < 4.78 is 0. The highest BCUT2D eigenvalue weighted by atomic mass is 79.9. The molecule has 0 spiro atoms.